The van der Waals surface area contributed by atoms with E-state index < -0.39 is 47.4 Å². The number of carbonyl (C=O) groups is 1. The van der Waals surface area contributed by atoms with E-state index in [-0.39, 0.29) is 0 Å². The summed E-state index contributed by atoms with van der Waals surface area (Å²) in [5.74, 6) is -1.60. The predicted molar refractivity (Wildman–Crippen MR) is 50.6 cm³/mol. The van der Waals surface area contributed by atoms with Gasteiger partial charge in [-0.05, 0) is 0 Å². The molecule has 1 rings (SSSR count). The molecule has 0 bridgehead atoms. The van der Waals surface area contributed by atoms with Crippen molar-refractivity contribution >= 4 is 5.91 Å². The van der Waals surface area contributed by atoms with E-state index in [0.717, 1.165) is 0 Å². The maximum absolute atomic E-state index is 12.8. The van der Waals surface area contributed by atoms with Crippen molar-refractivity contribution in [1.82, 2.24) is 4.98 Å². The van der Waals surface area contributed by atoms with Crippen molar-refractivity contribution in [3.63, 3.8) is 0 Å². The van der Waals surface area contributed by atoms with Crippen LogP contribution in [0.1, 0.15) is 33.6 Å². The van der Waals surface area contributed by atoms with E-state index in [1.54, 1.807) is 0 Å². The molecule has 0 aliphatic heterocycles. The molecule has 0 aliphatic carbocycles. The third kappa shape index (κ3) is 2.55. The molecule has 0 unspecified atom stereocenters. The van der Waals surface area contributed by atoms with Crippen molar-refractivity contribution in [1.29, 1.82) is 0 Å². The van der Waals surface area contributed by atoms with E-state index in [2.05, 4.69) is 4.98 Å². The molecule has 100 valence electrons. The number of nitrogens with two attached hydrogens (primary N) is 2. The van der Waals surface area contributed by atoms with Crippen LogP contribution in [0.3, 0.4) is 0 Å². The van der Waals surface area contributed by atoms with Gasteiger partial charge in [0.05, 0.1) is 16.8 Å². The lowest BCUT2D eigenvalue weighted by Gasteiger charge is -2.17. The first-order valence-electron chi connectivity index (χ1n) is 4.57. The Labute approximate surface area is 97.8 Å². The second-order valence-electron chi connectivity index (χ2n) is 3.28. The third-order valence-corrected chi connectivity index (χ3v) is 2.15. The highest BCUT2D eigenvalue weighted by Crippen LogP contribution is 2.37. The summed E-state index contributed by atoms with van der Waals surface area (Å²) in [7, 11) is 0. The maximum Gasteiger partial charge on any atom is 0.419 e. The molecule has 0 aliphatic rings. The molecular formula is C9H8F5N3O. The van der Waals surface area contributed by atoms with Gasteiger partial charge < -0.3 is 11.5 Å². The van der Waals surface area contributed by atoms with E-state index >= 15 is 0 Å². The Morgan fingerprint density at radius 1 is 1.39 bits per heavy atom. The van der Waals surface area contributed by atoms with Gasteiger partial charge in [-0.3, -0.25) is 9.78 Å². The average molecular weight is 269 g/mol. The second kappa shape index (κ2) is 4.84. The summed E-state index contributed by atoms with van der Waals surface area (Å²) >= 11 is 0. The number of primary amides is 1. The standard InChI is InChI=1S/C9H8F5N3O/c10-7(11)3-2-17-4(1-15)6(9(12,13)14)5(3)8(16)18/h2,7H,1,15H2,(H2,16,18). The molecule has 4 nitrogen and oxygen atoms in total. The van der Waals surface area contributed by atoms with Crippen LogP contribution in [0, 0.1) is 0 Å². The van der Waals surface area contributed by atoms with Gasteiger partial charge in [0.25, 0.3) is 6.43 Å². The first-order valence-corrected chi connectivity index (χ1v) is 4.57. The smallest absolute Gasteiger partial charge is 0.366 e. The Hall–Kier alpha value is -1.77. The van der Waals surface area contributed by atoms with Gasteiger partial charge in [-0.25, -0.2) is 8.78 Å². The van der Waals surface area contributed by atoms with Crippen molar-refractivity contribution < 1.29 is 26.7 Å². The van der Waals surface area contributed by atoms with Gasteiger partial charge in [-0.1, -0.05) is 0 Å². The summed E-state index contributed by atoms with van der Waals surface area (Å²) in [6.07, 6.45) is -7.87. The zero-order valence-electron chi connectivity index (χ0n) is 8.76. The molecule has 18 heavy (non-hydrogen) atoms. The average Bonchev–Trinajstić information content (AvgIpc) is 2.25. The number of pyridine rings is 1. The largest absolute Gasteiger partial charge is 0.419 e. The Morgan fingerprint density at radius 2 is 1.94 bits per heavy atom. The van der Waals surface area contributed by atoms with Crippen LogP contribution in [-0.4, -0.2) is 10.9 Å². The topological polar surface area (TPSA) is 82.0 Å². The van der Waals surface area contributed by atoms with Crippen molar-refractivity contribution in [3.05, 3.63) is 28.6 Å². The first kappa shape index (κ1) is 14.3. The number of nitrogens with zero attached hydrogens (tertiary/aromatic N) is 1. The van der Waals surface area contributed by atoms with Crippen LogP contribution in [0.15, 0.2) is 6.20 Å². The van der Waals surface area contributed by atoms with Crippen LogP contribution in [-0.2, 0) is 12.7 Å². The first-order chi connectivity index (χ1) is 8.20. The molecule has 0 aromatic carbocycles. The molecule has 1 aromatic heterocycles. The number of rotatable bonds is 3. The van der Waals surface area contributed by atoms with Crippen molar-refractivity contribution in [2.45, 2.75) is 19.1 Å². The molecule has 0 atom stereocenters. The van der Waals surface area contributed by atoms with E-state index in [1.807, 2.05) is 0 Å². The van der Waals surface area contributed by atoms with Crippen LogP contribution in [0.5, 0.6) is 0 Å². The fraction of sp³-hybridized carbons (Fsp3) is 0.333. The fourth-order valence-corrected chi connectivity index (χ4v) is 1.46. The Balaban J connectivity index is 3.71. The lowest BCUT2D eigenvalue weighted by Crippen LogP contribution is -2.25. The number of aromatic nitrogens is 1. The molecule has 1 aromatic rings. The molecule has 0 fully saturated rings. The van der Waals surface area contributed by atoms with Crippen LogP contribution >= 0.6 is 0 Å². The summed E-state index contributed by atoms with van der Waals surface area (Å²) in [5.41, 5.74) is 5.02. The van der Waals surface area contributed by atoms with Crippen LogP contribution < -0.4 is 11.5 Å². The summed E-state index contributed by atoms with van der Waals surface area (Å²) in [5, 5.41) is 0. The third-order valence-electron chi connectivity index (χ3n) is 2.15. The van der Waals surface area contributed by atoms with Crippen LogP contribution in [0.4, 0.5) is 22.0 Å². The highest BCUT2D eigenvalue weighted by molar-refractivity contribution is 5.96. The number of halogens is 5. The predicted octanol–water partition coefficient (Wildman–Crippen LogP) is 1.60. The van der Waals surface area contributed by atoms with Gasteiger partial charge in [0.2, 0.25) is 5.91 Å². The molecule has 9 heteroatoms. The van der Waals surface area contributed by atoms with E-state index in [0.29, 0.717) is 6.20 Å². The number of amides is 1. The molecule has 0 saturated carbocycles. The van der Waals surface area contributed by atoms with Gasteiger partial charge in [0.15, 0.2) is 0 Å². The van der Waals surface area contributed by atoms with E-state index in [1.165, 1.54) is 0 Å². The molecular weight excluding hydrogens is 261 g/mol. The number of hydrogen-bond donors (Lipinski definition) is 2. The summed E-state index contributed by atoms with van der Waals surface area (Å²) < 4.78 is 63.3. The summed E-state index contributed by atoms with van der Waals surface area (Å²) in [4.78, 5) is 14.2. The van der Waals surface area contributed by atoms with Gasteiger partial charge in [0, 0.05) is 18.3 Å². The Morgan fingerprint density at radius 3 is 2.28 bits per heavy atom. The summed E-state index contributed by atoms with van der Waals surface area (Å²) in [6.45, 7) is -0.654. The second-order valence-corrected chi connectivity index (χ2v) is 3.28. The van der Waals surface area contributed by atoms with Crippen molar-refractivity contribution in [2.24, 2.45) is 11.5 Å². The minimum atomic E-state index is -5.04. The normalized spacial score (nSPS) is 11.9. The van der Waals surface area contributed by atoms with Crippen molar-refractivity contribution in [2.75, 3.05) is 0 Å². The van der Waals surface area contributed by atoms with Crippen molar-refractivity contribution in [3.8, 4) is 0 Å². The lowest BCUT2D eigenvalue weighted by atomic mass is 10.00. The minimum absolute atomic E-state index is 0.474. The zero-order chi connectivity index (χ0) is 14.1. The van der Waals surface area contributed by atoms with Gasteiger partial charge >= 0.3 is 6.18 Å². The van der Waals surface area contributed by atoms with Crippen LogP contribution in [0.25, 0.3) is 0 Å². The monoisotopic (exact) mass is 269 g/mol. The van der Waals surface area contributed by atoms with E-state index in [4.69, 9.17) is 11.5 Å². The number of alkyl halides is 5. The van der Waals surface area contributed by atoms with Gasteiger partial charge in [-0.15, -0.1) is 0 Å². The molecule has 0 radical (unpaired) electrons. The molecule has 4 N–H and O–H groups in total. The maximum atomic E-state index is 12.8. The Kier molecular flexibility index (Phi) is 3.85. The minimum Gasteiger partial charge on any atom is -0.366 e. The fourth-order valence-electron chi connectivity index (χ4n) is 1.46. The van der Waals surface area contributed by atoms with E-state index in [9.17, 15) is 26.7 Å². The highest BCUT2D eigenvalue weighted by Gasteiger charge is 2.40. The SMILES string of the molecule is NCc1ncc(C(F)F)c(C(N)=O)c1C(F)(F)F. The summed E-state index contributed by atoms with van der Waals surface area (Å²) in [6, 6.07) is 0. The van der Waals surface area contributed by atoms with Crippen LogP contribution in [0.2, 0.25) is 0 Å². The molecule has 0 saturated heterocycles. The Bertz CT molecular complexity index is 472. The van der Waals surface area contributed by atoms with Gasteiger partial charge in [-0.2, -0.15) is 13.2 Å². The highest BCUT2D eigenvalue weighted by atomic mass is 19.4. The lowest BCUT2D eigenvalue weighted by molar-refractivity contribution is -0.138. The molecule has 1 amide bonds. The molecule has 1 heterocycles. The molecule has 0 spiro atoms. The zero-order valence-corrected chi connectivity index (χ0v) is 8.76. The van der Waals surface area contributed by atoms with Gasteiger partial charge in [0.1, 0.15) is 0 Å². The quantitative estimate of drug-likeness (QED) is 0.817. The number of carbonyl (C=O) groups excluding carboxylic acids is 1. The number of hydrogen-bond acceptors (Lipinski definition) is 3.